The van der Waals surface area contributed by atoms with Gasteiger partial charge in [0.1, 0.15) is 10.7 Å². The Morgan fingerprint density at radius 3 is 2.79 bits per heavy atom. The van der Waals surface area contributed by atoms with Gasteiger partial charge >= 0.3 is 5.97 Å². The summed E-state index contributed by atoms with van der Waals surface area (Å²) >= 11 is 1.13. The molecule has 1 aromatic heterocycles. The summed E-state index contributed by atoms with van der Waals surface area (Å²) in [7, 11) is 0. The third-order valence-electron chi connectivity index (χ3n) is 2.72. The van der Waals surface area contributed by atoms with Crippen molar-refractivity contribution in [3.05, 3.63) is 51.2 Å². The van der Waals surface area contributed by atoms with E-state index in [4.69, 9.17) is 5.11 Å². The van der Waals surface area contributed by atoms with Crippen LogP contribution in [0.3, 0.4) is 0 Å². The van der Waals surface area contributed by atoms with Gasteiger partial charge in [-0.05, 0) is 18.1 Å². The minimum absolute atomic E-state index is 0.271. The van der Waals surface area contributed by atoms with Crippen molar-refractivity contribution in [3.63, 3.8) is 0 Å². The fourth-order valence-electron chi connectivity index (χ4n) is 1.85. The van der Waals surface area contributed by atoms with Crippen molar-refractivity contribution in [2.24, 2.45) is 0 Å². The molecule has 19 heavy (non-hydrogen) atoms. The standard InChI is InChI=1S/C14H14FNO2S/c1-2-5-11-13(14(17)18)19-12(16-11)8-9-6-3-4-7-10(9)15/h3-4,6-7H,2,5,8H2,1H3,(H,17,18). The Balaban J connectivity index is 2.29. The van der Waals surface area contributed by atoms with E-state index in [1.54, 1.807) is 18.2 Å². The van der Waals surface area contributed by atoms with Crippen LogP contribution in [-0.2, 0) is 12.8 Å². The molecule has 0 atom stereocenters. The minimum atomic E-state index is -0.958. The Morgan fingerprint density at radius 2 is 2.16 bits per heavy atom. The quantitative estimate of drug-likeness (QED) is 0.911. The maximum Gasteiger partial charge on any atom is 0.347 e. The Hall–Kier alpha value is -1.75. The first-order valence-corrected chi connectivity index (χ1v) is 6.88. The Labute approximate surface area is 114 Å². The summed E-state index contributed by atoms with van der Waals surface area (Å²) < 4.78 is 13.5. The van der Waals surface area contributed by atoms with E-state index in [-0.39, 0.29) is 10.7 Å². The van der Waals surface area contributed by atoms with Crippen molar-refractivity contribution in [2.45, 2.75) is 26.2 Å². The van der Waals surface area contributed by atoms with Crippen LogP contribution in [0.5, 0.6) is 0 Å². The molecule has 1 N–H and O–H groups in total. The molecule has 1 aromatic carbocycles. The fourth-order valence-corrected chi connectivity index (χ4v) is 2.83. The monoisotopic (exact) mass is 279 g/mol. The van der Waals surface area contributed by atoms with E-state index in [0.717, 1.165) is 17.8 Å². The van der Waals surface area contributed by atoms with Crippen LogP contribution < -0.4 is 0 Å². The first-order chi connectivity index (χ1) is 9.11. The van der Waals surface area contributed by atoms with Gasteiger partial charge < -0.3 is 5.11 Å². The molecule has 3 nitrogen and oxygen atoms in total. The van der Waals surface area contributed by atoms with Crippen molar-refractivity contribution >= 4 is 17.3 Å². The molecule has 5 heteroatoms. The summed E-state index contributed by atoms with van der Waals surface area (Å²) in [4.78, 5) is 15.7. The average molecular weight is 279 g/mol. The van der Waals surface area contributed by atoms with Gasteiger partial charge in [0.2, 0.25) is 0 Å². The normalized spacial score (nSPS) is 10.6. The summed E-state index contributed by atoms with van der Waals surface area (Å²) in [6.07, 6.45) is 1.81. The van der Waals surface area contributed by atoms with Crippen LogP contribution in [0.2, 0.25) is 0 Å². The molecule has 0 amide bonds. The second-order valence-corrected chi connectivity index (χ2v) is 5.29. The Bertz CT molecular complexity index is 595. The van der Waals surface area contributed by atoms with E-state index in [1.807, 2.05) is 6.92 Å². The predicted molar refractivity (Wildman–Crippen MR) is 72.3 cm³/mol. The summed E-state index contributed by atoms with van der Waals surface area (Å²) in [6, 6.07) is 6.48. The number of carboxylic acids is 1. The number of halogens is 1. The topological polar surface area (TPSA) is 50.2 Å². The highest BCUT2D eigenvalue weighted by Gasteiger charge is 2.17. The van der Waals surface area contributed by atoms with E-state index in [9.17, 15) is 9.18 Å². The largest absolute Gasteiger partial charge is 0.477 e. The number of rotatable bonds is 5. The molecule has 0 aliphatic heterocycles. The van der Waals surface area contributed by atoms with Gasteiger partial charge in [0.05, 0.1) is 10.7 Å². The molecule has 0 bridgehead atoms. The lowest BCUT2D eigenvalue weighted by Crippen LogP contribution is -1.98. The van der Waals surface area contributed by atoms with E-state index in [1.165, 1.54) is 6.07 Å². The number of aromatic nitrogens is 1. The fraction of sp³-hybridized carbons (Fsp3) is 0.286. The maximum absolute atomic E-state index is 13.5. The first-order valence-electron chi connectivity index (χ1n) is 6.07. The zero-order valence-electron chi connectivity index (χ0n) is 10.5. The van der Waals surface area contributed by atoms with Crippen molar-refractivity contribution < 1.29 is 14.3 Å². The van der Waals surface area contributed by atoms with Gasteiger partial charge in [-0.3, -0.25) is 0 Å². The highest BCUT2D eigenvalue weighted by Crippen LogP contribution is 2.23. The number of benzene rings is 1. The van der Waals surface area contributed by atoms with Crippen LogP contribution in [0, 0.1) is 5.82 Å². The molecule has 0 fully saturated rings. The SMILES string of the molecule is CCCc1nc(Cc2ccccc2F)sc1C(=O)O. The zero-order valence-corrected chi connectivity index (χ0v) is 11.3. The van der Waals surface area contributed by atoms with Gasteiger partial charge in [0.25, 0.3) is 0 Å². The smallest absolute Gasteiger partial charge is 0.347 e. The van der Waals surface area contributed by atoms with Crippen LogP contribution >= 0.6 is 11.3 Å². The molecule has 0 radical (unpaired) electrons. The number of carboxylic acid groups (broad SMARTS) is 1. The lowest BCUT2D eigenvalue weighted by Gasteiger charge is -1.99. The maximum atomic E-state index is 13.5. The van der Waals surface area contributed by atoms with Crippen LogP contribution in [-0.4, -0.2) is 16.1 Å². The van der Waals surface area contributed by atoms with E-state index < -0.39 is 5.97 Å². The lowest BCUT2D eigenvalue weighted by atomic mass is 10.1. The molecule has 0 saturated heterocycles. The Kier molecular flexibility index (Phi) is 4.27. The third kappa shape index (κ3) is 3.17. The van der Waals surface area contributed by atoms with Crippen molar-refractivity contribution in [1.29, 1.82) is 0 Å². The second kappa shape index (κ2) is 5.93. The second-order valence-electron chi connectivity index (χ2n) is 4.21. The Morgan fingerprint density at radius 1 is 1.42 bits per heavy atom. The van der Waals surface area contributed by atoms with Gasteiger partial charge in [0.15, 0.2) is 0 Å². The number of hydrogen-bond donors (Lipinski definition) is 1. The average Bonchev–Trinajstić information content (AvgIpc) is 2.76. The number of carbonyl (C=O) groups is 1. The van der Waals surface area contributed by atoms with E-state index in [2.05, 4.69) is 4.98 Å². The van der Waals surface area contributed by atoms with Gasteiger partial charge in [-0.15, -0.1) is 11.3 Å². The molecule has 0 unspecified atom stereocenters. The number of hydrogen-bond acceptors (Lipinski definition) is 3. The lowest BCUT2D eigenvalue weighted by molar-refractivity contribution is 0.0700. The molecular formula is C14H14FNO2S. The number of aryl methyl sites for hydroxylation is 1. The molecule has 2 rings (SSSR count). The number of nitrogens with zero attached hydrogens (tertiary/aromatic N) is 1. The van der Waals surface area contributed by atoms with Crippen LogP contribution in [0.1, 0.15) is 39.3 Å². The summed E-state index contributed by atoms with van der Waals surface area (Å²) in [5, 5.41) is 9.77. The molecule has 0 saturated carbocycles. The minimum Gasteiger partial charge on any atom is -0.477 e. The molecule has 2 aromatic rings. The molecule has 1 heterocycles. The van der Waals surface area contributed by atoms with Gasteiger partial charge in [-0.25, -0.2) is 14.2 Å². The van der Waals surface area contributed by atoms with Gasteiger partial charge in [0, 0.05) is 6.42 Å². The molecule has 0 aliphatic carbocycles. The highest BCUT2D eigenvalue weighted by molar-refractivity contribution is 7.13. The molecule has 0 spiro atoms. The van der Waals surface area contributed by atoms with Crippen molar-refractivity contribution in [1.82, 2.24) is 4.98 Å². The number of thiazole rings is 1. The van der Waals surface area contributed by atoms with Crippen LogP contribution in [0.15, 0.2) is 24.3 Å². The molecular weight excluding hydrogens is 265 g/mol. The molecule has 0 aliphatic rings. The third-order valence-corrected chi connectivity index (χ3v) is 3.81. The number of aromatic carboxylic acids is 1. The highest BCUT2D eigenvalue weighted by atomic mass is 32.1. The van der Waals surface area contributed by atoms with Crippen molar-refractivity contribution in [2.75, 3.05) is 0 Å². The first kappa shape index (κ1) is 13.7. The van der Waals surface area contributed by atoms with Crippen molar-refractivity contribution in [3.8, 4) is 0 Å². The molecule has 100 valence electrons. The van der Waals surface area contributed by atoms with Crippen LogP contribution in [0.4, 0.5) is 4.39 Å². The van der Waals surface area contributed by atoms with E-state index >= 15 is 0 Å². The zero-order chi connectivity index (χ0) is 13.8. The summed E-state index contributed by atoms with van der Waals surface area (Å²) in [5.74, 6) is -1.24. The van der Waals surface area contributed by atoms with Gasteiger partial charge in [-0.1, -0.05) is 31.5 Å². The van der Waals surface area contributed by atoms with Gasteiger partial charge in [-0.2, -0.15) is 0 Å². The predicted octanol–water partition coefficient (Wildman–Crippen LogP) is 3.52. The van der Waals surface area contributed by atoms with Crippen LogP contribution in [0.25, 0.3) is 0 Å². The summed E-state index contributed by atoms with van der Waals surface area (Å²) in [5.41, 5.74) is 1.14. The van der Waals surface area contributed by atoms with E-state index in [0.29, 0.717) is 29.1 Å². The summed E-state index contributed by atoms with van der Waals surface area (Å²) in [6.45, 7) is 1.97.